The normalized spacial score (nSPS) is 17.3. The molecule has 1 aliphatic rings. The van der Waals surface area contributed by atoms with Gasteiger partial charge in [-0.25, -0.2) is 0 Å². The standard InChI is InChI=1S/C13H19NO/c1-13(2,3)11-6-4-5-7-12(11)14-10-8-15-9-10/h4-7,10,14H,8-9H2,1-3H3. The number of ether oxygens (including phenoxy) is 1. The van der Waals surface area contributed by atoms with Gasteiger partial charge in [-0.2, -0.15) is 0 Å². The van der Waals surface area contributed by atoms with Crippen molar-refractivity contribution in [1.82, 2.24) is 0 Å². The SMILES string of the molecule is CC(C)(C)c1ccccc1NC1COC1. The number of benzene rings is 1. The average Bonchev–Trinajstić information content (AvgIpc) is 2.10. The van der Waals surface area contributed by atoms with Gasteiger partial charge in [0.1, 0.15) is 0 Å². The Hall–Kier alpha value is -1.02. The summed E-state index contributed by atoms with van der Waals surface area (Å²) in [6, 6.07) is 9.02. The second kappa shape index (κ2) is 3.86. The Kier molecular flexibility index (Phi) is 2.70. The summed E-state index contributed by atoms with van der Waals surface area (Å²) < 4.78 is 5.17. The van der Waals surface area contributed by atoms with Crippen LogP contribution >= 0.6 is 0 Å². The Morgan fingerprint density at radius 1 is 1.20 bits per heavy atom. The Morgan fingerprint density at radius 3 is 2.40 bits per heavy atom. The third-order valence-electron chi connectivity index (χ3n) is 2.73. The molecule has 2 heteroatoms. The van der Waals surface area contributed by atoms with Crippen molar-refractivity contribution in [2.75, 3.05) is 18.5 Å². The number of rotatable bonds is 2. The Balaban J connectivity index is 2.21. The first kappa shape index (κ1) is 10.5. The lowest BCUT2D eigenvalue weighted by Crippen LogP contribution is -2.40. The van der Waals surface area contributed by atoms with Gasteiger partial charge in [-0.3, -0.25) is 0 Å². The predicted molar refractivity (Wildman–Crippen MR) is 63.4 cm³/mol. The number of para-hydroxylation sites is 1. The molecule has 1 aromatic rings. The van der Waals surface area contributed by atoms with E-state index in [0.717, 1.165) is 13.2 Å². The van der Waals surface area contributed by atoms with Crippen LogP contribution in [0.4, 0.5) is 5.69 Å². The fourth-order valence-electron chi connectivity index (χ4n) is 1.80. The quantitative estimate of drug-likeness (QED) is 0.801. The first-order chi connectivity index (χ1) is 7.07. The molecular formula is C13H19NO. The summed E-state index contributed by atoms with van der Waals surface area (Å²) in [6.45, 7) is 8.39. The zero-order valence-corrected chi connectivity index (χ0v) is 9.71. The first-order valence-corrected chi connectivity index (χ1v) is 5.51. The number of hydrogen-bond acceptors (Lipinski definition) is 2. The van der Waals surface area contributed by atoms with Gasteiger partial charge in [0.2, 0.25) is 0 Å². The smallest absolute Gasteiger partial charge is 0.0728 e. The zero-order chi connectivity index (χ0) is 10.9. The summed E-state index contributed by atoms with van der Waals surface area (Å²) in [5.41, 5.74) is 2.81. The van der Waals surface area contributed by atoms with E-state index in [1.54, 1.807) is 0 Å². The highest BCUT2D eigenvalue weighted by atomic mass is 16.5. The summed E-state index contributed by atoms with van der Waals surface area (Å²) in [4.78, 5) is 0. The van der Waals surface area contributed by atoms with E-state index >= 15 is 0 Å². The van der Waals surface area contributed by atoms with Crippen LogP contribution in [0.15, 0.2) is 24.3 Å². The van der Waals surface area contributed by atoms with E-state index in [2.05, 4.69) is 50.4 Å². The lowest BCUT2D eigenvalue weighted by atomic mass is 9.85. The first-order valence-electron chi connectivity index (χ1n) is 5.51. The highest BCUT2D eigenvalue weighted by Crippen LogP contribution is 2.30. The maximum atomic E-state index is 5.17. The van der Waals surface area contributed by atoms with Crippen molar-refractivity contribution in [2.24, 2.45) is 0 Å². The third kappa shape index (κ3) is 2.32. The van der Waals surface area contributed by atoms with Gasteiger partial charge in [-0.1, -0.05) is 39.0 Å². The van der Waals surface area contributed by atoms with Gasteiger partial charge in [0.25, 0.3) is 0 Å². The van der Waals surface area contributed by atoms with E-state index in [4.69, 9.17) is 4.74 Å². The topological polar surface area (TPSA) is 21.3 Å². The minimum atomic E-state index is 0.189. The molecule has 0 amide bonds. The maximum Gasteiger partial charge on any atom is 0.0728 e. The highest BCUT2D eigenvalue weighted by Gasteiger charge is 2.22. The fraction of sp³-hybridized carbons (Fsp3) is 0.538. The van der Waals surface area contributed by atoms with E-state index in [-0.39, 0.29) is 5.41 Å². The molecule has 1 saturated heterocycles. The van der Waals surface area contributed by atoms with E-state index < -0.39 is 0 Å². The molecule has 82 valence electrons. The van der Waals surface area contributed by atoms with Gasteiger partial charge in [0, 0.05) is 5.69 Å². The minimum absolute atomic E-state index is 0.189. The molecule has 0 atom stereocenters. The van der Waals surface area contributed by atoms with Crippen LogP contribution in [0.5, 0.6) is 0 Å². The Labute approximate surface area is 91.6 Å². The van der Waals surface area contributed by atoms with Crippen LogP contribution in [0.25, 0.3) is 0 Å². The van der Waals surface area contributed by atoms with Crippen molar-refractivity contribution in [1.29, 1.82) is 0 Å². The van der Waals surface area contributed by atoms with E-state index in [1.807, 2.05) is 0 Å². The second-order valence-electron chi connectivity index (χ2n) is 5.17. The summed E-state index contributed by atoms with van der Waals surface area (Å²) in [5.74, 6) is 0. The van der Waals surface area contributed by atoms with Gasteiger partial charge >= 0.3 is 0 Å². The molecule has 0 radical (unpaired) electrons. The lowest BCUT2D eigenvalue weighted by molar-refractivity contribution is 0.0210. The summed E-state index contributed by atoms with van der Waals surface area (Å²) in [7, 11) is 0. The second-order valence-corrected chi connectivity index (χ2v) is 5.17. The minimum Gasteiger partial charge on any atom is -0.377 e. The van der Waals surface area contributed by atoms with Gasteiger partial charge in [0.15, 0.2) is 0 Å². The number of nitrogens with one attached hydrogen (secondary N) is 1. The van der Waals surface area contributed by atoms with Crippen LogP contribution in [0, 0.1) is 0 Å². The van der Waals surface area contributed by atoms with E-state index in [0.29, 0.717) is 6.04 Å². The number of hydrogen-bond donors (Lipinski definition) is 1. The average molecular weight is 205 g/mol. The summed E-state index contributed by atoms with van der Waals surface area (Å²) >= 11 is 0. The van der Waals surface area contributed by atoms with E-state index in [9.17, 15) is 0 Å². The highest BCUT2D eigenvalue weighted by molar-refractivity contribution is 5.54. The monoisotopic (exact) mass is 205 g/mol. The summed E-state index contributed by atoms with van der Waals surface area (Å²) in [6.07, 6.45) is 0. The van der Waals surface area contributed by atoms with Crippen molar-refractivity contribution in [3.63, 3.8) is 0 Å². The molecule has 1 fully saturated rings. The molecule has 1 aliphatic heterocycles. The number of anilines is 1. The summed E-state index contributed by atoms with van der Waals surface area (Å²) in [5, 5.41) is 3.53. The van der Waals surface area contributed by atoms with Crippen molar-refractivity contribution >= 4 is 5.69 Å². The largest absolute Gasteiger partial charge is 0.377 e. The van der Waals surface area contributed by atoms with Gasteiger partial charge in [-0.05, 0) is 17.0 Å². The van der Waals surface area contributed by atoms with Crippen LogP contribution in [0.3, 0.4) is 0 Å². The fourth-order valence-corrected chi connectivity index (χ4v) is 1.80. The third-order valence-corrected chi connectivity index (χ3v) is 2.73. The van der Waals surface area contributed by atoms with Crippen molar-refractivity contribution in [2.45, 2.75) is 32.2 Å². The molecule has 0 aliphatic carbocycles. The van der Waals surface area contributed by atoms with Crippen molar-refractivity contribution in [3.8, 4) is 0 Å². The molecule has 1 aromatic carbocycles. The predicted octanol–water partition coefficient (Wildman–Crippen LogP) is 2.79. The van der Waals surface area contributed by atoms with Crippen LogP contribution in [-0.2, 0) is 10.2 Å². The Bertz CT molecular complexity index is 337. The molecule has 1 N–H and O–H groups in total. The van der Waals surface area contributed by atoms with Gasteiger partial charge in [-0.15, -0.1) is 0 Å². The molecule has 2 rings (SSSR count). The van der Waals surface area contributed by atoms with Crippen molar-refractivity contribution in [3.05, 3.63) is 29.8 Å². The molecule has 15 heavy (non-hydrogen) atoms. The lowest BCUT2D eigenvalue weighted by Gasteiger charge is -2.31. The van der Waals surface area contributed by atoms with Gasteiger partial charge in [0.05, 0.1) is 19.3 Å². The van der Waals surface area contributed by atoms with Crippen LogP contribution < -0.4 is 5.32 Å². The zero-order valence-electron chi connectivity index (χ0n) is 9.71. The molecule has 0 saturated carbocycles. The molecule has 0 bridgehead atoms. The molecule has 0 aromatic heterocycles. The van der Waals surface area contributed by atoms with Crippen molar-refractivity contribution < 1.29 is 4.74 Å². The van der Waals surface area contributed by atoms with Crippen LogP contribution in [-0.4, -0.2) is 19.3 Å². The van der Waals surface area contributed by atoms with Crippen LogP contribution in [0.2, 0.25) is 0 Å². The van der Waals surface area contributed by atoms with Gasteiger partial charge < -0.3 is 10.1 Å². The maximum absolute atomic E-state index is 5.17. The molecule has 0 unspecified atom stereocenters. The Morgan fingerprint density at radius 2 is 1.87 bits per heavy atom. The molecule has 1 heterocycles. The molecule has 2 nitrogen and oxygen atoms in total. The van der Waals surface area contributed by atoms with Crippen LogP contribution in [0.1, 0.15) is 26.3 Å². The molecule has 0 spiro atoms. The van der Waals surface area contributed by atoms with E-state index in [1.165, 1.54) is 11.3 Å². The molecular weight excluding hydrogens is 186 g/mol.